The van der Waals surface area contributed by atoms with E-state index in [9.17, 15) is 9.59 Å². The zero-order chi connectivity index (χ0) is 18.4. The van der Waals surface area contributed by atoms with E-state index in [0.717, 1.165) is 0 Å². The Labute approximate surface area is 146 Å². The van der Waals surface area contributed by atoms with Gasteiger partial charge >= 0.3 is 5.97 Å². The number of carbonyl (C=O) groups is 2. The second-order valence-electron chi connectivity index (χ2n) is 5.46. The van der Waals surface area contributed by atoms with Gasteiger partial charge in [-0.25, -0.2) is 4.79 Å². The molecule has 2 rings (SSSR count). The Morgan fingerprint density at radius 1 is 1.20 bits per heavy atom. The lowest BCUT2D eigenvalue weighted by Gasteiger charge is -2.08. The molecular weight excluding hydrogens is 322 g/mol. The fourth-order valence-electron chi connectivity index (χ4n) is 2.49. The first-order valence-corrected chi connectivity index (χ1v) is 8.08. The number of esters is 1. The summed E-state index contributed by atoms with van der Waals surface area (Å²) in [6, 6.07) is 6.98. The van der Waals surface area contributed by atoms with E-state index in [-0.39, 0.29) is 12.5 Å². The fourth-order valence-corrected chi connectivity index (χ4v) is 2.49. The molecule has 2 aromatic rings. The Morgan fingerprint density at radius 3 is 2.48 bits per heavy atom. The number of amides is 1. The first-order chi connectivity index (χ1) is 12.0. The Balaban J connectivity index is 2.13. The molecular formula is C18H23N3O4. The third kappa shape index (κ3) is 4.39. The first-order valence-electron chi connectivity index (χ1n) is 8.08. The van der Waals surface area contributed by atoms with Gasteiger partial charge < -0.3 is 25.5 Å². The number of hydrogen-bond donors (Lipinski definition) is 3. The number of aryl methyl sites for hydroxylation is 1. The lowest BCUT2D eigenvalue weighted by atomic mass is 10.1. The monoisotopic (exact) mass is 345 g/mol. The van der Waals surface area contributed by atoms with Gasteiger partial charge in [0.25, 0.3) is 5.91 Å². The summed E-state index contributed by atoms with van der Waals surface area (Å²) >= 11 is 0. The van der Waals surface area contributed by atoms with Crippen LogP contribution in [0.2, 0.25) is 0 Å². The molecule has 1 amide bonds. The summed E-state index contributed by atoms with van der Waals surface area (Å²) in [4.78, 5) is 27.5. The van der Waals surface area contributed by atoms with E-state index < -0.39 is 5.97 Å². The molecule has 0 aliphatic rings. The van der Waals surface area contributed by atoms with Crippen molar-refractivity contribution in [2.45, 2.75) is 20.8 Å². The summed E-state index contributed by atoms with van der Waals surface area (Å²) in [5.41, 5.74) is 7.91. The van der Waals surface area contributed by atoms with Crippen LogP contribution in [0.15, 0.2) is 24.3 Å². The van der Waals surface area contributed by atoms with Crippen molar-refractivity contribution in [2.24, 2.45) is 5.73 Å². The smallest absolute Gasteiger partial charge is 0.340 e. The topological polar surface area (TPSA) is 106 Å². The number of hydrogen-bond acceptors (Lipinski definition) is 5. The van der Waals surface area contributed by atoms with Gasteiger partial charge in [-0.15, -0.1) is 0 Å². The fraction of sp³-hybridized carbons (Fsp3) is 0.333. The summed E-state index contributed by atoms with van der Waals surface area (Å²) in [6.45, 7) is 6.34. The molecule has 0 saturated carbocycles. The average Bonchev–Trinajstić information content (AvgIpc) is 2.89. The second kappa shape index (κ2) is 8.34. The molecule has 1 heterocycles. The van der Waals surface area contributed by atoms with Crippen molar-refractivity contribution in [3.05, 3.63) is 46.8 Å². The molecule has 1 aromatic carbocycles. The summed E-state index contributed by atoms with van der Waals surface area (Å²) in [5, 5.41) is 2.79. The molecule has 4 N–H and O–H groups in total. The number of carbonyl (C=O) groups excluding carboxylic acids is 2. The van der Waals surface area contributed by atoms with E-state index >= 15 is 0 Å². The summed E-state index contributed by atoms with van der Waals surface area (Å²) < 4.78 is 10.4. The molecule has 0 bridgehead atoms. The Hall–Kier alpha value is -2.80. The third-order valence-corrected chi connectivity index (χ3v) is 3.64. The quantitative estimate of drug-likeness (QED) is 0.668. The van der Waals surface area contributed by atoms with E-state index in [2.05, 4.69) is 10.3 Å². The highest BCUT2D eigenvalue weighted by molar-refractivity contribution is 6.06. The molecule has 134 valence electrons. The Kier molecular flexibility index (Phi) is 6.19. The maximum atomic E-state index is 12.5. The van der Waals surface area contributed by atoms with Crippen LogP contribution < -0.4 is 15.8 Å². The van der Waals surface area contributed by atoms with Crippen molar-refractivity contribution in [3.8, 4) is 5.75 Å². The van der Waals surface area contributed by atoms with E-state index in [1.807, 2.05) is 0 Å². The summed E-state index contributed by atoms with van der Waals surface area (Å²) in [7, 11) is 0. The number of rotatable bonds is 7. The molecule has 1 aromatic heterocycles. The lowest BCUT2D eigenvalue weighted by molar-refractivity contribution is 0.0525. The molecule has 0 radical (unpaired) electrons. The van der Waals surface area contributed by atoms with Crippen LogP contribution >= 0.6 is 0 Å². The molecule has 0 aliphatic heterocycles. The van der Waals surface area contributed by atoms with E-state index in [4.69, 9.17) is 15.2 Å². The van der Waals surface area contributed by atoms with Crippen LogP contribution in [-0.4, -0.2) is 36.6 Å². The van der Waals surface area contributed by atoms with Crippen LogP contribution in [0.25, 0.3) is 0 Å². The highest BCUT2D eigenvalue weighted by Crippen LogP contribution is 2.21. The predicted molar refractivity (Wildman–Crippen MR) is 95.2 cm³/mol. The van der Waals surface area contributed by atoms with Crippen LogP contribution in [0, 0.1) is 13.8 Å². The van der Waals surface area contributed by atoms with Crippen molar-refractivity contribution >= 4 is 17.6 Å². The number of benzene rings is 1. The minimum absolute atomic E-state index is 0.281. The second-order valence-corrected chi connectivity index (χ2v) is 5.46. The SMILES string of the molecule is CCOC(=O)c1c(C)[nH]c(C(=O)Nc2ccc(OCCN)cc2)c1C. The van der Waals surface area contributed by atoms with Gasteiger partial charge in [0, 0.05) is 17.9 Å². The van der Waals surface area contributed by atoms with Crippen molar-refractivity contribution in [1.29, 1.82) is 0 Å². The van der Waals surface area contributed by atoms with Crippen molar-refractivity contribution in [1.82, 2.24) is 4.98 Å². The lowest BCUT2D eigenvalue weighted by Crippen LogP contribution is -2.14. The highest BCUT2D eigenvalue weighted by Gasteiger charge is 2.22. The third-order valence-electron chi connectivity index (χ3n) is 3.64. The van der Waals surface area contributed by atoms with Crippen LogP contribution in [0.4, 0.5) is 5.69 Å². The molecule has 7 heteroatoms. The first kappa shape index (κ1) is 18.5. The maximum Gasteiger partial charge on any atom is 0.340 e. The predicted octanol–water partition coefficient (Wildman–Crippen LogP) is 2.40. The molecule has 0 unspecified atom stereocenters. The van der Waals surface area contributed by atoms with E-state index in [0.29, 0.717) is 47.1 Å². The Morgan fingerprint density at radius 2 is 1.88 bits per heavy atom. The molecule has 25 heavy (non-hydrogen) atoms. The average molecular weight is 345 g/mol. The Bertz CT molecular complexity index is 750. The number of aromatic amines is 1. The van der Waals surface area contributed by atoms with Gasteiger partial charge in [0.2, 0.25) is 0 Å². The minimum atomic E-state index is -0.436. The largest absolute Gasteiger partial charge is 0.492 e. The van der Waals surface area contributed by atoms with Crippen LogP contribution in [0.5, 0.6) is 5.75 Å². The van der Waals surface area contributed by atoms with Gasteiger partial charge in [0.15, 0.2) is 0 Å². The van der Waals surface area contributed by atoms with Crippen LogP contribution in [0.3, 0.4) is 0 Å². The molecule has 0 aliphatic carbocycles. The van der Waals surface area contributed by atoms with Crippen LogP contribution in [0.1, 0.15) is 39.0 Å². The summed E-state index contributed by atoms with van der Waals surface area (Å²) in [5.74, 6) is -0.0825. The van der Waals surface area contributed by atoms with Crippen molar-refractivity contribution in [3.63, 3.8) is 0 Å². The van der Waals surface area contributed by atoms with Gasteiger partial charge in [-0.1, -0.05) is 0 Å². The zero-order valence-corrected chi connectivity index (χ0v) is 14.6. The standard InChI is InChI=1S/C18H23N3O4/c1-4-24-18(23)15-11(2)16(20-12(15)3)17(22)21-13-5-7-14(8-6-13)25-10-9-19/h5-8,20H,4,9-10,19H2,1-3H3,(H,21,22). The molecule has 0 fully saturated rings. The molecule has 0 atom stereocenters. The normalized spacial score (nSPS) is 10.4. The molecule has 7 nitrogen and oxygen atoms in total. The number of aromatic nitrogens is 1. The molecule has 0 spiro atoms. The highest BCUT2D eigenvalue weighted by atomic mass is 16.5. The van der Waals surface area contributed by atoms with Crippen molar-refractivity contribution < 1.29 is 19.1 Å². The van der Waals surface area contributed by atoms with Gasteiger partial charge in [-0.3, -0.25) is 4.79 Å². The number of nitrogens with one attached hydrogen (secondary N) is 2. The van der Waals surface area contributed by atoms with Gasteiger partial charge in [-0.05, 0) is 50.6 Å². The number of H-pyrrole nitrogens is 1. The van der Waals surface area contributed by atoms with E-state index in [1.165, 1.54) is 0 Å². The van der Waals surface area contributed by atoms with Gasteiger partial charge in [0.1, 0.15) is 18.1 Å². The van der Waals surface area contributed by atoms with Crippen LogP contribution in [-0.2, 0) is 4.74 Å². The van der Waals surface area contributed by atoms with Crippen molar-refractivity contribution in [2.75, 3.05) is 25.1 Å². The molecule has 0 saturated heterocycles. The zero-order valence-electron chi connectivity index (χ0n) is 14.6. The van der Waals surface area contributed by atoms with E-state index in [1.54, 1.807) is 45.0 Å². The number of ether oxygens (including phenoxy) is 2. The summed E-state index contributed by atoms with van der Waals surface area (Å²) in [6.07, 6.45) is 0. The maximum absolute atomic E-state index is 12.5. The number of nitrogens with two attached hydrogens (primary N) is 1. The minimum Gasteiger partial charge on any atom is -0.492 e. The van der Waals surface area contributed by atoms with Gasteiger partial charge in [-0.2, -0.15) is 0 Å². The van der Waals surface area contributed by atoms with Gasteiger partial charge in [0.05, 0.1) is 12.2 Å². The number of anilines is 1.